The number of nitrogens with one attached hydrogen (secondary N) is 1. The van der Waals surface area contributed by atoms with Gasteiger partial charge in [-0.2, -0.15) is 0 Å². The van der Waals surface area contributed by atoms with Gasteiger partial charge in [-0.1, -0.05) is 48.5 Å². The smallest absolute Gasteiger partial charge is 0.138 e. The van der Waals surface area contributed by atoms with Crippen LogP contribution in [0.5, 0.6) is 0 Å². The van der Waals surface area contributed by atoms with Crippen LogP contribution in [0.1, 0.15) is 0 Å². The van der Waals surface area contributed by atoms with Crippen LogP contribution in [0.25, 0.3) is 55.6 Å². The van der Waals surface area contributed by atoms with Gasteiger partial charge in [-0.15, -0.1) is 0 Å². The van der Waals surface area contributed by atoms with E-state index >= 15 is 0 Å². The largest absolute Gasteiger partial charge is 0.338 e. The van der Waals surface area contributed by atoms with Crippen LogP contribution in [-0.4, -0.2) is 34.9 Å². The van der Waals surface area contributed by atoms with Gasteiger partial charge < -0.3 is 4.98 Å². The first kappa shape index (κ1) is 25.5. The van der Waals surface area contributed by atoms with Crippen molar-refractivity contribution in [1.29, 1.82) is 0 Å². The molecule has 0 aliphatic rings. The molecule has 7 nitrogen and oxygen atoms in total. The number of para-hydroxylation sites is 2. The van der Waals surface area contributed by atoms with E-state index in [4.69, 9.17) is 0 Å². The number of imidazole rings is 1. The van der Waals surface area contributed by atoms with Crippen LogP contribution in [0, 0.1) is 0 Å². The Morgan fingerprint density at radius 3 is 1.56 bits per heavy atom. The van der Waals surface area contributed by atoms with Crippen molar-refractivity contribution in [3.63, 3.8) is 0 Å². The average Bonchev–Trinajstić information content (AvgIpc) is 3.51. The zero-order chi connectivity index (χ0) is 27.7. The van der Waals surface area contributed by atoms with Crippen molar-refractivity contribution in [1.82, 2.24) is 34.9 Å². The molecule has 2 aromatic carbocycles. The van der Waals surface area contributed by atoms with Gasteiger partial charge in [0.15, 0.2) is 0 Å². The molecule has 0 aliphatic heterocycles. The van der Waals surface area contributed by atoms with Gasteiger partial charge in [0.1, 0.15) is 5.82 Å². The Hall–Kier alpha value is -5.82. The molecule has 0 saturated heterocycles. The van der Waals surface area contributed by atoms with E-state index in [0.717, 1.165) is 55.6 Å². The van der Waals surface area contributed by atoms with E-state index in [-0.39, 0.29) is 0 Å². The maximum atomic E-state index is 4.50. The third-order valence-electron chi connectivity index (χ3n) is 6.28. The van der Waals surface area contributed by atoms with Gasteiger partial charge in [0.05, 0.1) is 33.5 Å². The van der Waals surface area contributed by atoms with Crippen LogP contribution in [0.2, 0.25) is 0 Å². The standard InChI is InChI=1S/C12H9N3.C12H8N2.C10H8N2/c1-2-4-11-10(3-1)14-12(15-11)9-5-7-13-8-6-9;1-3-9-5-6-10-4-2-8-14-12(10)11(9)13-7-1;1-3-7-11-9(5-1)10-6-2-4-8-12-10/h1-8H,(H,14,15);1-8H;1-8H. The van der Waals surface area contributed by atoms with Gasteiger partial charge in [0, 0.05) is 53.5 Å². The quantitative estimate of drug-likeness (QED) is 0.232. The highest BCUT2D eigenvalue weighted by Gasteiger charge is 2.03. The van der Waals surface area contributed by atoms with Crippen LogP contribution >= 0.6 is 0 Å². The summed E-state index contributed by atoms with van der Waals surface area (Å²) >= 11 is 0. The Bertz CT molecular complexity index is 1870. The fourth-order valence-corrected chi connectivity index (χ4v) is 4.31. The Labute approximate surface area is 236 Å². The highest BCUT2D eigenvalue weighted by molar-refractivity contribution is 6.02. The highest BCUT2D eigenvalue weighted by atomic mass is 14.9. The molecule has 0 unspecified atom stereocenters. The number of hydrogen-bond donors (Lipinski definition) is 1. The summed E-state index contributed by atoms with van der Waals surface area (Å²) in [6.45, 7) is 0. The summed E-state index contributed by atoms with van der Waals surface area (Å²) in [5, 5.41) is 2.28. The minimum atomic E-state index is 0.888. The zero-order valence-corrected chi connectivity index (χ0v) is 22.0. The van der Waals surface area contributed by atoms with E-state index in [9.17, 15) is 0 Å². The molecule has 0 aliphatic carbocycles. The Kier molecular flexibility index (Phi) is 7.67. The highest BCUT2D eigenvalue weighted by Crippen LogP contribution is 2.21. The van der Waals surface area contributed by atoms with E-state index in [1.807, 2.05) is 84.9 Å². The second kappa shape index (κ2) is 12.4. The molecule has 1 N–H and O–H groups in total. The average molecular weight is 532 g/mol. The van der Waals surface area contributed by atoms with E-state index in [2.05, 4.69) is 59.2 Å². The molecule has 6 aromatic heterocycles. The molecule has 0 saturated carbocycles. The summed E-state index contributed by atoms with van der Waals surface area (Å²) in [5.41, 5.74) is 6.89. The van der Waals surface area contributed by atoms with Gasteiger partial charge in [0.25, 0.3) is 0 Å². The number of pyridine rings is 5. The predicted octanol–water partition coefficient (Wildman–Crippen LogP) is 7.55. The lowest BCUT2D eigenvalue weighted by molar-refractivity contribution is 1.25. The minimum Gasteiger partial charge on any atom is -0.338 e. The van der Waals surface area contributed by atoms with Crippen LogP contribution in [0.4, 0.5) is 0 Å². The van der Waals surface area contributed by atoms with Crippen molar-refractivity contribution < 1.29 is 0 Å². The van der Waals surface area contributed by atoms with Gasteiger partial charge in [0.2, 0.25) is 0 Å². The first-order chi connectivity index (χ1) is 20.3. The molecule has 0 radical (unpaired) electrons. The molecule has 41 heavy (non-hydrogen) atoms. The van der Waals surface area contributed by atoms with Crippen molar-refractivity contribution in [2.24, 2.45) is 0 Å². The molecule has 0 fully saturated rings. The molecule has 0 bridgehead atoms. The van der Waals surface area contributed by atoms with Crippen molar-refractivity contribution in [2.45, 2.75) is 0 Å². The number of H-pyrrole nitrogens is 1. The molecule has 196 valence electrons. The Morgan fingerprint density at radius 1 is 0.439 bits per heavy atom. The van der Waals surface area contributed by atoms with Crippen LogP contribution in [-0.2, 0) is 0 Å². The van der Waals surface area contributed by atoms with Gasteiger partial charge >= 0.3 is 0 Å². The molecule has 8 aromatic rings. The summed E-state index contributed by atoms with van der Waals surface area (Å²) < 4.78 is 0. The number of hydrogen-bond acceptors (Lipinski definition) is 6. The third kappa shape index (κ3) is 6.10. The van der Waals surface area contributed by atoms with Gasteiger partial charge in [-0.05, 0) is 60.7 Å². The fraction of sp³-hybridized carbons (Fsp3) is 0. The SMILES string of the molecule is c1ccc(-c2ccccn2)nc1.c1ccc2[nH]c(-c3ccncc3)nc2c1.c1cnc2c(c1)ccc1cccnc12. The van der Waals surface area contributed by atoms with Crippen LogP contribution < -0.4 is 0 Å². The van der Waals surface area contributed by atoms with Crippen molar-refractivity contribution >= 4 is 32.8 Å². The molecular formula is C34H25N7. The molecule has 0 atom stereocenters. The minimum absolute atomic E-state index is 0.888. The molecule has 8 rings (SSSR count). The molecule has 7 heteroatoms. The number of aromatic amines is 1. The van der Waals surface area contributed by atoms with E-state index in [1.165, 1.54) is 0 Å². The lowest BCUT2D eigenvalue weighted by Crippen LogP contribution is -1.83. The second-order valence-electron chi connectivity index (χ2n) is 8.98. The van der Waals surface area contributed by atoms with Crippen molar-refractivity contribution in [2.75, 3.05) is 0 Å². The molecule has 0 amide bonds. The predicted molar refractivity (Wildman–Crippen MR) is 164 cm³/mol. The van der Waals surface area contributed by atoms with Crippen molar-refractivity contribution in [3.05, 3.63) is 146 Å². The second-order valence-corrected chi connectivity index (χ2v) is 8.98. The summed E-state index contributed by atoms with van der Waals surface area (Å²) in [6.07, 6.45) is 10.7. The Balaban J connectivity index is 0.000000111. The number of nitrogens with zero attached hydrogens (tertiary/aromatic N) is 6. The normalized spacial score (nSPS) is 10.4. The van der Waals surface area contributed by atoms with E-state index in [1.54, 1.807) is 37.2 Å². The number of aromatic nitrogens is 7. The first-order valence-corrected chi connectivity index (χ1v) is 13.1. The van der Waals surface area contributed by atoms with Crippen molar-refractivity contribution in [3.8, 4) is 22.8 Å². The molecule has 6 heterocycles. The van der Waals surface area contributed by atoms with Crippen LogP contribution in [0.3, 0.4) is 0 Å². The topological polar surface area (TPSA) is 93.1 Å². The number of benzene rings is 2. The zero-order valence-electron chi connectivity index (χ0n) is 22.0. The van der Waals surface area contributed by atoms with Crippen LogP contribution in [0.15, 0.2) is 146 Å². The summed E-state index contributed by atoms with van der Waals surface area (Å²) in [4.78, 5) is 28.8. The van der Waals surface area contributed by atoms with E-state index < -0.39 is 0 Å². The lowest BCUT2D eigenvalue weighted by Gasteiger charge is -2.00. The van der Waals surface area contributed by atoms with Gasteiger partial charge in [-0.3, -0.25) is 24.9 Å². The number of rotatable bonds is 2. The summed E-state index contributed by atoms with van der Waals surface area (Å²) in [7, 11) is 0. The fourth-order valence-electron chi connectivity index (χ4n) is 4.31. The maximum Gasteiger partial charge on any atom is 0.138 e. The summed E-state index contributed by atoms with van der Waals surface area (Å²) in [6, 6.07) is 35.6. The summed E-state index contributed by atoms with van der Waals surface area (Å²) in [5.74, 6) is 0.888. The molecular weight excluding hydrogens is 506 g/mol. The first-order valence-electron chi connectivity index (χ1n) is 13.1. The Morgan fingerprint density at radius 2 is 1.00 bits per heavy atom. The maximum absolute atomic E-state index is 4.50. The lowest BCUT2D eigenvalue weighted by atomic mass is 10.1. The number of fused-ring (bicyclic) bond motifs is 4. The monoisotopic (exact) mass is 531 g/mol. The van der Waals surface area contributed by atoms with Gasteiger partial charge in [-0.25, -0.2) is 4.98 Å². The van der Waals surface area contributed by atoms with E-state index in [0.29, 0.717) is 0 Å². The third-order valence-corrected chi connectivity index (χ3v) is 6.28. The molecule has 0 spiro atoms.